The second kappa shape index (κ2) is 4.38. The van der Waals surface area contributed by atoms with E-state index in [2.05, 4.69) is 9.55 Å². The van der Waals surface area contributed by atoms with Crippen molar-refractivity contribution in [3.63, 3.8) is 0 Å². The van der Waals surface area contributed by atoms with E-state index in [0.29, 0.717) is 12.6 Å². The predicted molar refractivity (Wildman–Crippen MR) is 67.3 cm³/mol. The Morgan fingerprint density at radius 2 is 2.26 bits per heavy atom. The van der Waals surface area contributed by atoms with Gasteiger partial charge in [-0.1, -0.05) is 0 Å². The number of carboxylic acids is 1. The number of pyridine rings is 1. The Bertz CT molecular complexity index is 682. The lowest BCUT2D eigenvalue weighted by Crippen LogP contribution is -2.26. The van der Waals surface area contributed by atoms with Crippen LogP contribution in [0, 0.1) is 0 Å². The van der Waals surface area contributed by atoms with Gasteiger partial charge in [-0.2, -0.15) is 0 Å². The van der Waals surface area contributed by atoms with E-state index in [1.54, 1.807) is 24.8 Å². The second-order valence-corrected chi connectivity index (χ2v) is 4.68. The summed E-state index contributed by atoms with van der Waals surface area (Å²) in [5, 5.41) is 8.94. The van der Waals surface area contributed by atoms with E-state index >= 15 is 0 Å². The second-order valence-electron chi connectivity index (χ2n) is 4.68. The Hall–Kier alpha value is -2.37. The molecule has 1 N–H and O–H groups in total. The summed E-state index contributed by atoms with van der Waals surface area (Å²) < 4.78 is 3.46. The number of rotatable bonds is 4. The molecule has 0 saturated heterocycles. The van der Waals surface area contributed by atoms with Crippen LogP contribution >= 0.6 is 0 Å². The van der Waals surface area contributed by atoms with E-state index < -0.39 is 11.5 Å². The molecule has 2 aromatic heterocycles. The van der Waals surface area contributed by atoms with Crippen LogP contribution in [0.15, 0.2) is 35.6 Å². The zero-order valence-electron chi connectivity index (χ0n) is 10.2. The van der Waals surface area contributed by atoms with Gasteiger partial charge in [0, 0.05) is 18.4 Å². The first-order chi connectivity index (χ1) is 9.16. The number of carbonyl (C=O) groups is 1. The number of aromatic carboxylic acids is 1. The Kier molecular flexibility index (Phi) is 2.70. The fraction of sp³-hybridized carbons (Fsp3) is 0.308. The molecular formula is C13H13N3O3. The summed E-state index contributed by atoms with van der Waals surface area (Å²) in [6, 6.07) is 3.37. The molecule has 6 nitrogen and oxygen atoms in total. The highest BCUT2D eigenvalue weighted by atomic mass is 16.4. The van der Waals surface area contributed by atoms with Gasteiger partial charge in [-0.3, -0.25) is 4.79 Å². The lowest BCUT2D eigenvalue weighted by Gasteiger charge is -2.09. The SMILES string of the molecule is O=C(O)c1cccn(Cc2cncn2C2CC2)c1=O. The Morgan fingerprint density at radius 3 is 2.95 bits per heavy atom. The highest BCUT2D eigenvalue weighted by molar-refractivity contribution is 5.86. The lowest BCUT2D eigenvalue weighted by molar-refractivity contribution is 0.0694. The molecule has 19 heavy (non-hydrogen) atoms. The third-order valence-electron chi connectivity index (χ3n) is 3.27. The minimum absolute atomic E-state index is 0.208. The van der Waals surface area contributed by atoms with Gasteiger partial charge in [0.15, 0.2) is 0 Å². The van der Waals surface area contributed by atoms with Crippen LogP contribution in [0.3, 0.4) is 0 Å². The quantitative estimate of drug-likeness (QED) is 0.892. The van der Waals surface area contributed by atoms with Gasteiger partial charge in [-0.25, -0.2) is 9.78 Å². The van der Waals surface area contributed by atoms with Crippen LogP contribution in [0.4, 0.5) is 0 Å². The minimum atomic E-state index is -1.20. The van der Waals surface area contributed by atoms with Gasteiger partial charge >= 0.3 is 5.97 Å². The van der Waals surface area contributed by atoms with Crippen molar-refractivity contribution in [2.45, 2.75) is 25.4 Å². The normalized spacial score (nSPS) is 14.5. The van der Waals surface area contributed by atoms with E-state index in [0.717, 1.165) is 18.5 Å². The van der Waals surface area contributed by atoms with Crippen molar-refractivity contribution < 1.29 is 9.90 Å². The van der Waals surface area contributed by atoms with Gasteiger partial charge in [-0.05, 0) is 25.0 Å². The highest BCUT2D eigenvalue weighted by Crippen LogP contribution is 2.35. The van der Waals surface area contributed by atoms with E-state index in [1.165, 1.54) is 10.6 Å². The maximum atomic E-state index is 12.0. The zero-order chi connectivity index (χ0) is 13.4. The number of hydrogen-bond donors (Lipinski definition) is 1. The lowest BCUT2D eigenvalue weighted by atomic mass is 10.3. The first-order valence-electron chi connectivity index (χ1n) is 6.10. The van der Waals surface area contributed by atoms with Crippen molar-refractivity contribution in [2.75, 3.05) is 0 Å². The van der Waals surface area contributed by atoms with Crippen molar-refractivity contribution in [1.82, 2.24) is 14.1 Å². The maximum Gasteiger partial charge on any atom is 0.341 e. The summed E-state index contributed by atoms with van der Waals surface area (Å²) in [6.45, 7) is 0.344. The fourth-order valence-electron chi connectivity index (χ4n) is 2.13. The van der Waals surface area contributed by atoms with Crippen LogP contribution in [0.2, 0.25) is 0 Å². The van der Waals surface area contributed by atoms with Crippen LogP contribution < -0.4 is 5.56 Å². The van der Waals surface area contributed by atoms with Crippen molar-refractivity contribution in [2.24, 2.45) is 0 Å². The molecule has 6 heteroatoms. The van der Waals surface area contributed by atoms with Gasteiger partial charge in [0.25, 0.3) is 5.56 Å². The maximum absolute atomic E-state index is 12.0. The largest absolute Gasteiger partial charge is 0.477 e. The predicted octanol–water partition coefficient (Wildman–Crippen LogP) is 1.13. The molecule has 3 rings (SSSR count). The summed E-state index contributed by atoms with van der Waals surface area (Å²) >= 11 is 0. The molecule has 0 bridgehead atoms. The third kappa shape index (κ3) is 2.16. The minimum Gasteiger partial charge on any atom is -0.477 e. The molecule has 1 fully saturated rings. The number of carboxylic acid groups (broad SMARTS) is 1. The summed E-state index contributed by atoms with van der Waals surface area (Å²) in [7, 11) is 0. The molecule has 2 heterocycles. The molecule has 0 amide bonds. The molecule has 1 saturated carbocycles. The van der Waals surface area contributed by atoms with E-state index in [4.69, 9.17) is 5.11 Å². The third-order valence-corrected chi connectivity index (χ3v) is 3.27. The van der Waals surface area contributed by atoms with Crippen LogP contribution in [0.25, 0.3) is 0 Å². The molecule has 98 valence electrons. The first kappa shape index (κ1) is 11.7. The fourth-order valence-corrected chi connectivity index (χ4v) is 2.13. The van der Waals surface area contributed by atoms with E-state index in [-0.39, 0.29) is 5.56 Å². The molecule has 0 aliphatic heterocycles. The molecule has 1 aliphatic rings. The average Bonchev–Trinajstić information content (AvgIpc) is 3.12. The van der Waals surface area contributed by atoms with Crippen LogP contribution in [-0.2, 0) is 6.54 Å². The number of aromatic nitrogens is 3. The van der Waals surface area contributed by atoms with Gasteiger partial charge in [0.1, 0.15) is 5.56 Å². The summed E-state index contributed by atoms with van der Waals surface area (Å²) in [6.07, 6.45) is 7.34. The van der Waals surface area contributed by atoms with Crippen LogP contribution in [0.1, 0.15) is 34.9 Å². The molecular weight excluding hydrogens is 246 g/mol. The highest BCUT2D eigenvalue weighted by Gasteiger charge is 2.25. The molecule has 0 atom stereocenters. The Balaban J connectivity index is 1.95. The monoisotopic (exact) mass is 259 g/mol. The smallest absolute Gasteiger partial charge is 0.341 e. The topological polar surface area (TPSA) is 77.1 Å². The van der Waals surface area contributed by atoms with Crippen LogP contribution in [-0.4, -0.2) is 25.2 Å². The molecule has 1 aliphatic carbocycles. The Morgan fingerprint density at radius 1 is 1.47 bits per heavy atom. The average molecular weight is 259 g/mol. The van der Waals surface area contributed by atoms with Crippen molar-refractivity contribution >= 4 is 5.97 Å². The zero-order valence-corrected chi connectivity index (χ0v) is 10.2. The summed E-state index contributed by atoms with van der Waals surface area (Å²) in [5.41, 5.74) is 0.227. The van der Waals surface area contributed by atoms with E-state index in [9.17, 15) is 9.59 Å². The molecule has 0 aromatic carbocycles. The molecule has 0 unspecified atom stereocenters. The molecule has 0 radical (unpaired) electrons. The van der Waals surface area contributed by atoms with Crippen molar-refractivity contribution in [3.8, 4) is 0 Å². The molecule has 0 spiro atoms. The van der Waals surface area contributed by atoms with Crippen molar-refractivity contribution in [1.29, 1.82) is 0 Å². The number of hydrogen-bond acceptors (Lipinski definition) is 3. The number of nitrogens with zero attached hydrogens (tertiary/aromatic N) is 3. The van der Waals surface area contributed by atoms with Crippen LogP contribution in [0.5, 0.6) is 0 Å². The Labute approximate surface area is 108 Å². The van der Waals surface area contributed by atoms with E-state index in [1.807, 2.05) is 0 Å². The number of imidazole rings is 1. The summed E-state index contributed by atoms with van der Waals surface area (Å²) in [4.78, 5) is 27.0. The van der Waals surface area contributed by atoms with Gasteiger partial charge in [0.2, 0.25) is 0 Å². The first-order valence-corrected chi connectivity index (χ1v) is 6.10. The standard InChI is InChI=1S/C13H13N3O3/c17-12-11(13(18)19)2-1-5-15(12)7-10-6-14-8-16(10)9-3-4-9/h1-2,5-6,8-9H,3-4,7H2,(H,18,19). The van der Waals surface area contributed by atoms with Gasteiger partial charge in [-0.15, -0.1) is 0 Å². The summed E-state index contributed by atoms with van der Waals surface area (Å²) in [5.74, 6) is -1.20. The van der Waals surface area contributed by atoms with Gasteiger partial charge < -0.3 is 14.2 Å². The molecule has 2 aromatic rings. The van der Waals surface area contributed by atoms with Gasteiger partial charge in [0.05, 0.1) is 18.6 Å². The van der Waals surface area contributed by atoms with Crippen molar-refractivity contribution in [3.05, 3.63) is 52.5 Å².